The maximum absolute atomic E-state index is 3.57. The van der Waals surface area contributed by atoms with Gasteiger partial charge in [-0.2, -0.15) is 0 Å². The van der Waals surface area contributed by atoms with E-state index in [1.54, 1.807) is 0 Å². The van der Waals surface area contributed by atoms with Gasteiger partial charge in [0.05, 0.1) is 0 Å². The number of piperazine rings is 1. The Morgan fingerprint density at radius 3 is 2.30 bits per heavy atom. The summed E-state index contributed by atoms with van der Waals surface area (Å²) in [6.07, 6.45) is 1.24. The van der Waals surface area contributed by atoms with Gasteiger partial charge in [-0.3, -0.25) is 0 Å². The zero-order valence-electron chi connectivity index (χ0n) is 13.3. The van der Waals surface area contributed by atoms with Gasteiger partial charge in [0.25, 0.3) is 0 Å². The van der Waals surface area contributed by atoms with Crippen LogP contribution < -0.4 is 5.32 Å². The van der Waals surface area contributed by atoms with Crippen LogP contribution in [0.4, 0.5) is 0 Å². The lowest BCUT2D eigenvalue weighted by Gasteiger charge is -2.32. The highest BCUT2D eigenvalue weighted by molar-refractivity contribution is 5.28. The average Bonchev–Trinajstić information content (AvgIpc) is 2.39. The highest BCUT2D eigenvalue weighted by atomic mass is 15.2. The second kappa shape index (κ2) is 7.77. The van der Waals surface area contributed by atoms with Crippen molar-refractivity contribution < 1.29 is 0 Å². The van der Waals surface area contributed by atoms with Gasteiger partial charge in [-0.05, 0) is 46.0 Å². The smallest absolute Gasteiger partial charge is 0.0205 e. The molecule has 1 N–H and O–H groups in total. The molecule has 1 aliphatic rings. The molecule has 1 heterocycles. The van der Waals surface area contributed by atoms with Gasteiger partial charge in [0.2, 0.25) is 0 Å². The Kier molecular flexibility index (Phi) is 6.02. The molecule has 1 fully saturated rings. The van der Waals surface area contributed by atoms with Crippen LogP contribution in [0.15, 0.2) is 18.2 Å². The van der Waals surface area contributed by atoms with Crippen LogP contribution in [0, 0.1) is 13.8 Å². The maximum Gasteiger partial charge on any atom is 0.0205 e. The zero-order valence-corrected chi connectivity index (χ0v) is 13.3. The summed E-state index contributed by atoms with van der Waals surface area (Å²) in [5, 5.41) is 3.57. The first-order valence-electron chi connectivity index (χ1n) is 7.82. The molecule has 0 saturated carbocycles. The largest absolute Gasteiger partial charge is 0.313 e. The Hall–Kier alpha value is -0.900. The Morgan fingerprint density at radius 2 is 1.65 bits per heavy atom. The van der Waals surface area contributed by atoms with Crippen LogP contribution in [0.1, 0.15) is 23.1 Å². The summed E-state index contributed by atoms with van der Waals surface area (Å²) in [6.45, 7) is 12.6. The number of hydrogen-bond acceptors (Lipinski definition) is 3. The monoisotopic (exact) mass is 275 g/mol. The Bertz CT molecular complexity index is 388. The van der Waals surface area contributed by atoms with E-state index in [0.29, 0.717) is 0 Å². The molecule has 1 saturated heterocycles. The van der Waals surface area contributed by atoms with E-state index in [4.69, 9.17) is 0 Å². The lowest BCUT2D eigenvalue weighted by molar-refractivity contribution is 0.153. The summed E-state index contributed by atoms with van der Waals surface area (Å²) in [7, 11) is 2.21. The van der Waals surface area contributed by atoms with E-state index >= 15 is 0 Å². The highest BCUT2D eigenvalue weighted by Crippen LogP contribution is 2.08. The van der Waals surface area contributed by atoms with Crippen molar-refractivity contribution in [3.05, 3.63) is 34.9 Å². The van der Waals surface area contributed by atoms with Crippen molar-refractivity contribution >= 4 is 0 Å². The number of aryl methyl sites for hydroxylation is 2. The van der Waals surface area contributed by atoms with E-state index in [0.717, 1.165) is 13.1 Å². The molecule has 0 aromatic heterocycles. The molecule has 0 bridgehead atoms. The fourth-order valence-corrected chi connectivity index (χ4v) is 2.90. The predicted octanol–water partition coefficient (Wildman–Crippen LogP) is 2.03. The zero-order chi connectivity index (χ0) is 14.4. The second-order valence-electron chi connectivity index (χ2n) is 6.17. The number of rotatable bonds is 6. The summed E-state index contributed by atoms with van der Waals surface area (Å²) < 4.78 is 0. The van der Waals surface area contributed by atoms with E-state index in [1.807, 2.05) is 0 Å². The molecular formula is C17H29N3. The number of hydrogen-bond donors (Lipinski definition) is 1. The minimum Gasteiger partial charge on any atom is -0.313 e. The van der Waals surface area contributed by atoms with Crippen LogP contribution in [-0.4, -0.2) is 56.1 Å². The maximum atomic E-state index is 3.57. The third kappa shape index (κ3) is 5.23. The van der Waals surface area contributed by atoms with Gasteiger partial charge in [0.1, 0.15) is 0 Å². The summed E-state index contributed by atoms with van der Waals surface area (Å²) in [5.41, 5.74) is 4.13. The lowest BCUT2D eigenvalue weighted by atomic mass is 10.1. The number of benzene rings is 1. The third-order valence-corrected chi connectivity index (χ3v) is 4.03. The normalized spacial score (nSPS) is 17.6. The van der Waals surface area contributed by atoms with Crippen molar-refractivity contribution in [1.29, 1.82) is 0 Å². The molecule has 2 rings (SSSR count). The van der Waals surface area contributed by atoms with Crippen LogP contribution in [0.3, 0.4) is 0 Å². The fraction of sp³-hybridized carbons (Fsp3) is 0.647. The highest BCUT2D eigenvalue weighted by Gasteiger charge is 2.12. The molecule has 1 aromatic rings. The first-order chi connectivity index (χ1) is 9.63. The van der Waals surface area contributed by atoms with E-state index < -0.39 is 0 Å². The topological polar surface area (TPSA) is 18.5 Å². The molecule has 0 spiro atoms. The van der Waals surface area contributed by atoms with Crippen LogP contribution in [0.5, 0.6) is 0 Å². The van der Waals surface area contributed by atoms with Crippen molar-refractivity contribution in [2.45, 2.75) is 26.8 Å². The summed E-state index contributed by atoms with van der Waals surface area (Å²) in [5.74, 6) is 0. The third-order valence-electron chi connectivity index (χ3n) is 4.03. The first kappa shape index (κ1) is 15.5. The fourth-order valence-electron chi connectivity index (χ4n) is 2.90. The Morgan fingerprint density at radius 1 is 1.00 bits per heavy atom. The summed E-state index contributed by atoms with van der Waals surface area (Å²) in [6, 6.07) is 6.79. The molecule has 1 aromatic carbocycles. The quantitative estimate of drug-likeness (QED) is 0.802. The van der Waals surface area contributed by atoms with Gasteiger partial charge in [0.15, 0.2) is 0 Å². The van der Waals surface area contributed by atoms with Gasteiger partial charge in [-0.1, -0.05) is 29.3 Å². The molecule has 0 atom stereocenters. The predicted molar refractivity (Wildman–Crippen MR) is 86.2 cm³/mol. The van der Waals surface area contributed by atoms with E-state index in [2.05, 4.69) is 54.2 Å². The summed E-state index contributed by atoms with van der Waals surface area (Å²) >= 11 is 0. The number of nitrogens with zero attached hydrogens (tertiary/aromatic N) is 2. The van der Waals surface area contributed by atoms with Crippen molar-refractivity contribution in [2.75, 3.05) is 46.3 Å². The molecule has 3 nitrogen and oxygen atoms in total. The standard InChI is InChI=1S/C17H29N3/c1-15-11-16(2)13-17(12-15)14-18-5-4-6-20-9-7-19(3)8-10-20/h11-13,18H,4-10,14H2,1-3H3. The van der Waals surface area contributed by atoms with Crippen LogP contribution in [0.2, 0.25) is 0 Å². The molecule has 0 amide bonds. The molecule has 112 valence electrons. The second-order valence-corrected chi connectivity index (χ2v) is 6.17. The van der Waals surface area contributed by atoms with Crippen molar-refractivity contribution in [1.82, 2.24) is 15.1 Å². The van der Waals surface area contributed by atoms with Crippen LogP contribution in [-0.2, 0) is 6.54 Å². The van der Waals surface area contributed by atoms with Gasteiger partial charge >= 0.3 is 0 Å². The van der Waals surface area contributed by atoms with E-state index in [1.165, 1.54) is 55.8 Å². The van der Waals surface area contributed by atoms with Crippen LogP contribution >= 0.6 is 0 Å². The van der Waals surface area contributed by atoms with Gasteiger partial charge in [-0.25, -0.2) is 0 Å². The molecule has 0 radical (unpaired) electrons. The molecule has 1 aliphatic heterocycles. The summed E-state index contributed by atoms with van der Waals surface area (Å²) in [4.78, 5) is 4.99. The molecular weight excluding hydrogens is 246 g/mol. The van der Waals surface area contributed by atoms with Crippen molar-refractivity contribution in [3.63, 3.8) is 0 Å². The van der Waals surface area contributed by atoms with Crippen molar-refractivity contribution in [3.8, 4) is 0 Å². The SMILES string of the molecule is Cc1cc(C)cc(CNCCCN2CCN(C)CC2)c1. The van der Waals surface area contributed by atoms with E-state index in [-0.39, 0.29) is 0 Å². The number of nitrogens with one attached hydrogen (secondary N) is 1. The molecule has 3 heteroatoms. The van der Waals surface area contributed by atoms with Gasteiger partial charge in [-0.15, -0.1) is 0 Å². The van der Waals surface area contributed by atoms with Crippen molar-refractivity contribution in [2.24, 2.45) is 0 Å². The van der Waals surface area contributed by atoms with Gasteiger partial charge < -0.3 is 15.1 Å². The molecule has 20 heavy (non-hydrogen) atoms. The Balaban J connectivity index is 1.59. The van der Waals surface area contributed by atoms with Gasteiger partial charge in [0, 0.05) is 32.7 Å². The minimum absolute atomic E-state index is 0.991. The van der Waals surface area contributed by atoms with Crippen LogP contribution in [0.25, 0.3) is 0 Å². The molecule has 0 aliphatic carbocycles. The number of likely N-dealkylation sites (N-methyl/N-ethyl adjacent to an activating group) is 1. The van der Waals surface area contributed by atoms with E-state index in [9.17, 15) is 0 Å². The minimum atomic E-state index is 0.991. The molecule has 0 unspecified atom stereocenters. The lowest BCUT2D eigenvalue weighted by Crippen LogP contribution is -2.45. The Labute approximate surface area is 124 Å². The first-order valence-corrected chi connectivity index (χ1v) is 7.82. The average molecular weight is 275 g/mol.